The average molecular weight is 490 g/mol. The summed E-state index contributed by atoms with van der Waals surface area (Å²) in [6.45, 7) is 3.74. The number of benzene rings is 3. The third-order valence-electron chi connectivity index (χ3n) is 6.18. The highest BCUT2D eigenvalue weighted by atomic mass is 32.2. The van der Waals surface area contributed by atoms with Gasteiger partial charge in [-0.15, -0.1) is 0 Å². The second-order valence-corrected chi connectivity index (χ2v) is 11.6. The van der Waals surface area contributed by atoms with E-state index in [1.54, 1.807) is 42.5 Å². The number of para-hydroxylation sites is 2. The summed E-state index contributed by atoms with van der Waals surface area (Å²) in [6, 6.07) is 15.0. The third kappa shape index (κ3) is 4.36. The van der Waals surface area contributed by atoms with Crippen LogP contribution < -0.4 is 20.8 Å². The van der Waals surface area contributed by atoms with Crippen molar-refractivity contribution in [2.75, 3.05) is 16.4 Å². The van der Waals surface area contributed by atoms with Crippen molar-refractivity contribution in [3.63, 3.8) is 0 Å². The Labute approximate surface area is 205 Å². The Balaban J connectivity index is 1.62. The second-order valence-electron chi connectivity index (χ2n) is 9.67. The van der Waals surface area contributed by atoms with E-state index in [-0.39, 0.29) is 27.7 Å². The molecule has 5 rings (SSSR count). The van der Waals surface area contributed by atoms with Crippen molar-refractivity contribution in [2.45, 2.75) is 26.3 Å². The SMILES string of the molecule is [B]c1ccccc1Oc1ccc(C2Nc3cccc(O)c3NC3=C2S(=O)(=O)CC(C)(C)C3)c(F)c1. The molecule has 1 atom stereocenters. The Kier molecular flexibility index (Phi) is 5.55. The summed E-state index contributed by atoms with van der Waals surface area (Å²) >= 11 is 0. The van der Waals surface area contributed by atoms with E-state index in [0.29, 0.717) is 34.7 Å². The lowest BCUT2D eigenvalue weighted by molar-refractivity contribution is 0.400. The van der Waals surface area contributed by atoms with Gasteiger partial charge in [0.1, 0.15) is 36.6 Å². The van der Waals surface area contributed by atoms with Crippen molar-refractivity contribution in [3.8, 4) is 17.2 Å². The van der Waals surface area contributed by atoms with Crippen molar-refractivity contribution in [1.29, 1.82) is 0 Å². The summed E-state index contributed by atoms with van der Waals surface area (Å²) in [7, 11) is 2.16. The maximum Gasteiger partial charge on any atom is 0.179 e. The van der Waals surface area contributed by atoms with Crippen molar-refractivity contribution >= 4 is 34.5 Å². The van der Waals surface area contributed by atoms with Crippen LogP contribution in [0.4, 0.5) is 15.8 Å². The van der Waals surface area contributed by atoms with Crippen LogP contribution in [-0.2, 0) is 9.84 Å². The number of rotatable bonds is 3. The Morgan fingerprint density at radius 2 is 1.89 bits per heavy atom. The molecule has 2 aliphatic heterocycles. The standard InChI is InChI=1S/C26H24BFN2O4S/c1-26(2)13-20-25(35(32,33)14-26)23(29-19-7-5-8-21(31)24(19)30-20)16-11-10-15(12-18(16)28)34-22-9-4-3-6-17(22)27/h3-12,23,29-31H,13-14H2,1-2H3. The number of halogens is 1. The number of phenols is 1. The lowest BCUT2D eigenvalue weighted by atomic mass is 9.88. The molecule has 0 saturated heterocycles. The number of hydrogen-bond acceptors (Lipinski definition) is 6. The summed E-state index contributed by atoms with van der Waals surface area (Å²) in [4.78, 5) is 0.0762. The van der Waals surface area contributed by atoms with Crippen molar-refractivity contribution in [2.24, 2.45) is 5.41 Å². The number of allylic oxidation sites excluding steroid dienone is 1. The molecular weight excluding hydrogens is 466 g/mol. The van der Waals surface area contributed by atoms with E-state index in [0.717, 1.165) is 0 Å². The van der Waals surface area contributed by atoms with Crippen LogP contribution in [0.3, 0.4) is 0 Å². The van der Waals surface area contributed by atoms with Crippen LogP contribution in [0, 0.1) is 11.2 Å². The van der Waals surface area contributed by atoms with Crippen LogP contribution in [0.15, 0.2) is 71.3 Å². The largest absolute Gasteiger partial charge is 0.506 e. The molecule has 35 heavy (non-hydrogen) atoms. The molecule has 3 N–H and O–H groups in total. The van der Waals surface area contributed by atoms with Crippen LogP contribution in [0.5, 0.6) is 17.2 Å². The van der Waals surface area contributed by atoms with E-state index in [9.17, 15) is 13.5 Å². The molecule has 2 heterocycles. The number of nitrogens with one attached hydrogen (secondary N) is 2. The van der Waals surface area contributed by atoms with E-state index in [2.05, 4.69) is 10.6 Å². The molecule has 0 fully saturated rings. The van der Waals surface area contributed by atoms with E-state index in [4.69, 9.17) is 12.6 Å². The summed E-state index contributed by atoms with van der Waals surface area (Å²) in [6.07, 6.45) is 0.420. The van der Waals surface area contributed by atoms with Gasteiger partial charge in [0.2, 0.25) is 0 Å². The normalized spacial score (nSPS) is 20.0. The fourth-order valence-electron chi connectivity index (χ4n) is 4.74. The molecule has 3 aromatic rings. The van der Waals surface area contributed by atoms with Gasteiger partial charge in [0.05, 0.1) is 22.4 Å². The molecule has 0 saturated carbocycles. The highest BCUT2D eigenvalue weighted by Crippen LogP contribution is 2.48. The zero-order valence-corrected chi connectivity index (χ0v) is 20.1. The molecule has 9 heteroatoms. The second kappa shape index (κ2) is 8.34. The third-order valence-corrected chi connectivity index (χ3v) is 8.49. The van der Waals surface area contributed by atoms with Gasteiger partial charge in [-0.3, -0.25) is 0 Å². The number of anilines is 2. The molecule has 0 aromatic heterocycles. The number of hydrogen-bond donors (Lipinski definition) is 3. The molecule has 2 radical (unpaired) electrons. The number of sulfone groups is 1. The quantitative estimate of drug-likeness (QED) is 0.363. The lowest BCUT2D eigenvalue weighted by Crippen LogP contribution is -2.35. The Bertz CT molecular complexity index is 1470. The van der Waals surface area contributed by atoms with E-state index in [1.165, 1.54) is 18.2 Å². The fourth-order valence-corrected chi connectivity index (χ4v) is 7.07. The summed E-state index contributed by atoms with van der Waals surface area (Å²) in [5.41, 5.74) is 1.29. The van der Waals surface area contributed by atoms with E-state index in [1.807, 2.05) is 13.8 Å². The van der Waals surface area contributed by atoms with Crippen LogP contribution in [0.25, 0.3) is 0 Å². The first-order valence-electron chi connectivity index (χ1n) is 11.2. The highest BCUT2D eigenvalue weighted by Gasteiger charge is 2.43. The smallest absolute Gasteiger partial charge is 0.179 e. The molecular formula is C26H24BFN2O4S. The van der Waals surface area contributed by atoms with Gasteiger partial charge >= 0.3 is 0 Å². The van der Waals surface area contributed by atoms with Gasteiger partial charge in [-0.1, -0.05) is 43.6 Å². The van der Waals surface area contributed by atoms with Crippen LogP contribution in [-0.4, -0.2) is 27.1 Å². The van der Waals surface area contributed by atoms with Gasteiger partial charge in [-0.25, -0.2) is 12.8 Å². The zero-order chi connectivity index (χ0) is 25.0. The molecule has 0 aliphatic carbocycles. The fraction of sp³-hybridized carbons (Fsp3) is 0.231. The summed E-state index contributed by atoms with van der Waals surface area (Å²) in [5, 5.41) is 16.8. The molecule has 2 aliphatic rings. The molecule has 1 unspecified atom stereocenters. The minimum atomic E-state index is -3.77. The van der Waals surface area contributed by atoms with Crippen LogP contribution in [0.1, 0.15) is 31.9 Å². The van der Waals surface area contributed by atoms with Crippen molar-refractivity contribution in [3.05, 3.63) is 82.6 Å². The van der Waals surface area contributed by atoms with E-state index < -0.39 is 27.1 Å². The van der Waals surface area contributed by atoms with Crippen LogP contribution in [0.2, 0.25) is 0 Å². The first kappa shape index (κ1) is 23.3. The molecule has 178 valence electrons. The molecule has 3 aromatic carbocycles. The number of phenolic OH excluding ortho intramolecular Hbond substituents is 1. The number of fused-ring (bicyclic) bond motifs is 1. The summed E-state index contributed by atoms with van der Waals surface area (Å²) in [5.74, 6) is -0.117. The zero-order valence-electron chi connectivity index (χ0n) is 19.3. The first-order chi connectivity index (χ1) is 16.5. The average Bonchev–Trinajstić information content (AvgIpc) is 2.92. The monoisotopic (exact) mass is 490 g/mol. The molecule has 0 bridgehead atoms. The lowest BCUT2D eigenvalue weighted by Gasteiger charge is -2.34. The summed E-state index contributed by atoms with van der Waals surface area (Å²) < 4.78 is 48.3. The van der Waals surface area contributed by atoms with Gasteiger partial charge in [-0.2, -0.15) is 0 Å². The van der Waals surface area contributed by atoms with Crippen molar-refractivity contribution in [1.82, 2.24) is 0 Å². The number of ether oxygens (including phenoxy) is 1. The maximum absolute atomic E-state index is 15.6. The Morgan fingerprint density at radius 3 is 2.63 bits per heavy atom. The van der Waals surface area contributed by atoms with Gasteiger partial charge < -0.3 is 20.5 Å². The number of aromatic hydroxyl groups is 1. The van der Waals surface area contributed by atoms with E-state index >= 15 is 4.39 Å². The van der Waals surface area contributed by atoms with Gasteiger partial charge in [0.25, 0.3) is 0 Å². The van der Waals surface area contributed by atoms with Gasteiger partial charge in [0.15, 0.2) is 9.84 Å². The highest BCUT2D eigenvalue weighted by molar-refractivity contribution is 7.95. The maximum atomic E-state index is 15.6. The predicted octanol–water partition coefficient (Wildman–Crippen LogP) is 4.75. The first-order valence-corrected chi connectivity index (χ1v) is 12.8. The molecule has 0 amide bonds. The topological polar surface area (TPSA) is 87.7 Å². The molecule has 0 spiro atoms. The van der Waals surface area contributed by atoms with Gasteiger partial charge in [-0.05, 0) is 42.2 Å². The predicted molar refractivity (Wildman–Crippen MR) is 136 cm³/mol. The van der Waals surface area contributed by atoms with Crippen molar-refractivity contribution < 1.29 is 22.7 Å². The Hall–Kier alpha value is -3.46. The van der Waals surface area contributed by atoms with Crippen LogP contribution >= 0.6 is 0 Å². The molecule has 6 nitrogen and oxygen atoms in total. The van der Waals surface area contributed by atoms with Gasteiger partial charge in [0, 0.05) is 17.3 Å². The Morgan fingerprint density at radius 1 is 1.11 bits per heavy atom. The minimum absolute atomic E-state index is 0.0343. The minimum Gasteiger partial charge on any atom is -0.506 e.